The summed E-state index contributed by atoms with van der Waals surface area (Å²) in [5.74, 6) is 0.948. The molecule has 3 nitrogen and oxygen atoms in total. The molecule has 0 atom stereocenters. The fourth-order valence-electron chi connectivity index (χ4n) is 10.5. The van der Waals surface area contributed by atoms with E-state index in [-0.39, 0.29) is 23.1 Å². The first-order valence-electron chi connectivity index (χ1n) is 21.0. The van der Waals surface area contributed by atoms with Crippen LogP contribution in [0.15, 0.2) is 126 Å². The number of hydrogen-bond acceptors (Lipinski definition) is 2. The van der Waals surface area contributed by atoms with Crippen LogP contribution >= 0.6 is 0 Å². The molecule has 0 amide bonds. The lowest BCUT2D eigenvalue weighted by Gasteiger charge is -2.41. The topological polar surface area (TPSA) is 21.3 Å². The van der Waals surface area contributed by atoms with E-state index in [1.807, 2.05) is 0 Å². The van der Waals surface area contributed by atoms with Crippen LogP contribution in [0, 0.1) is 0 Å². The van der Waals surface area contributed by atoms with Crippen LogP contribution in [0.2, 0.25) is 0 Å². The molecule has 282 valence electrons. The molecule has 0 saturated carbocycles. The van der Waals surface area contributed by atoms with E-state index in [0.29, 0.717) is 0 Å². The molecule has 0 fully saturated rings. The predicted octanol–water partition coefficient (Wildman–Crippen LogP) is 13.6. The van der Waals surface area contributed by atoms with Crippen molar-refractivity contribution in [2.24, 2.45) is 0 Å². The van der Waals surface area contributed by atoms with Gasteiger partial charge in [0.1, 0.15) is 5.58 Å². The van der Waals surface area contributed by atoms with Crippen molar-refractivity contribution in [2.45, 2.75) is 78.6 Å². The molecule has 0 N–H and O–H groups in total. The van der Waals surface area contributed by atoms with Crippen molar-refractivity contribution in [3.05, 3.63) is 138 Å². The van der Waals surface area contributed by atoms with Gasteiger partial charge in [-0.25, -0.2) is 0 Å². The number of para-hydroxylation sites is 2. The number of rotatable bonds is 1. The molecule has 10 aromatic rings. The van der Waals surface area contributed by atoms with E-state index < -0.39 is 0 Å². The molecule has 4 heteroatoms. The van der Waals surface area contributed by atoms with Gasteiger partial charge >= 0.3 is 6.85 Å². The molecular weight excluding hydrogens is 703 g/mol. The number of fused-ring (bicyclic) bond motifs is 11. The van der Waals surface area contributed by atoms with Gasteiger partial charge in [0.15, 0.2) is 5.76 Å². The van der Waals surface area contributed by atoms with Gasteiger partial charge in [0.2, 0.25) is 0 Å². The Hall–Kier alpha value is -6.00. The molecule has 0 saturated heterocycles. The van der Waals surface area contributed by atoms with Crippen molar-refractivity contribution < 1.29 is 4.42 Å². The second-order valence-corrected chi connectivity index (χ2v) is 20.2. The molecule has 2 aliphatic rings. The molecular formula is C54H47BN2O. The summed E-state index contributed by atoms with van der Waals surface area (Å²) in [5.41, 5.74) is 14.9. The number of aromatic nitrogens is 1. The van der Waals surface area contributed by atoms with Crippen LogP contribution < -0.4 is 15.7 Å². The van der Waals surface area contributed by atoms with Crippen molar-refractivity contribution in [3.63, 3.8) is 0 Å². The van der Waals surface area contributed by atoms with Gasteiger partial charge in [0.05, 0.1) is 22.4 Å². The minimum atomic E-state index is -0.112. The Bertz CT molecular complexity index is 3380. The Morgan fingerprint density at radius 2 is 1.14 bits per heavy atom. The molecule has 0 aliphatic carbocycles. The summed E-state index contributed by atoms with van der Waals surface area (Å²) in [6.07, 6.45) is 0. The van der Waals surface area contributed by atoms with E-state index in [4.69, 9.17) is 4.42 Å². The second-order valence-electron chi connectivity index (χ2n) is 20.2. The van der Waals surface area contributed by atoms with Crippen LogP contribution in [-0.4, -0.2) is 11.4 Å². The van der Waals surface area contributed by atoms with E-state index in [0.717, 1.165) is 28.1 Å². The first-order chi connectivity index (χ1) is 27.7. The van der Waals surface area contributed by atoms with E-state index in [1.165, 1.54) is 93.0 Å². The van der Waals surface area contributed by atoms with Crippen LogP contribution in [0.1, 0.15) is 79.0 Å². The van der Waals surface area contributed by atoms with Gasteiger partial charge in [-0.1, -0.05) is 141 Å². The molecule has 4 heterocycles. The van der Waals surface area contributed by atoms with Crippen molar-refractivity contribution >= 4 is 94.2 Å². The summed E-state index contributed by atoms with van der Waals surface area (Å²) in [5, 5.41) is 11.6. The summed E-state index contributed by atoms with van der Waals surface area (Å²) >= 11 is 0. The maximum atomic E-state index is 7.21. The summed E-state index contributed by atoms with van der Waals surface area (Å²) in [6, 6.07) is 46.4. The van der Waals surface area contributed by atoms with Gasteiger partial charge in [-0.15, -0.1) is 0 Å². The highest BCUT2D eigenvalue weighted by atomic mass is 16.3. The van der Waals surface area contributed by atoms with Crippen molar-refractivity contribution in [1.29, 1.82) is 0 Å². The van der Waals surface area contributed by atoms with Gasteiger partial charge in [0, 0.05) is 38.2 Å². The maximum absolute atomic E-state index is 7.21. The third-order valence-electron chi connectivity index (χ3n) is 13.5. The lowest BCUT2D eigenvalue weighted by atomic mass is 9.43. The first kappa shape index (κ1) is 34.1. The molecule has 2 aliphatic heterocycles. The molecule has 0 unspecified atom stereocenters. The Kier molecular flexibility index (Phi) is 6.42. The lowest BCUT2D eigenvalue weighted by molar-refractivity contribution is 0.590. The number of anilines is 2. The molecule has 0 spiro atoms. The van der Waals surface area contributed by atoms with Gasteiger partial charge in [0.25, 0.3) is 0 Å². The molecule has 8 aromatic carbocycles. The highest BCUT2D eigenvalue weighted by Gasteiger charge is 2.48. The molecule has 12 rings (SSSR count). The Labute approximate surface area is 340 Å². The fourth-order valence-corrected chi connectivity index (χ4v) is 10.5. The van der Waals surface area contributed by atoms with E-state index in [2.05, 4.69) is 193 Å². The number of benzene rings is 8. The zero-order valence-corrected chi connectivity index (χ0v) is 34.9. The quantitative estimate of drug-likeness (QED) is 0.123. The first-order valence-corrected chi connectivity index (χ1v) is 21.0. The second kappa shape index (κ2) is 10.9. The van der Waals surface area contributed by atoms with Crippen molar-refractivity contribution in [3.8, 4) is 17.0 Å². The van der Waals surface area contributed by atoms with Crippen LogP contribution in [0.4, 0.5) is 11.4 Å². The normalized spacial score (nSPS) is 14.2. The Balaban J connectivity index is 1.36. The van der Waals surface area contributed by atoms with Crippen LogP contribution in [0.3, 0.4) is 0 Å². The van der Waals surface area contributed by atoms with E-state index in [9.17, 15) is 0 Å². The van der Waals surface area contributed by atoms with Crippen LogP contribution in [0.5, 0.6) is 0 Å². The number of hydrogen-bond donors (Lipinski definition) is 0. The van der Waals surface area contributed by atoms with Gasteiger partial charge in [-0.2, -0.15) is 0 Å². The van der Waals surface area contributed by atoms with Crippen LogP contribution in [0.25, 0.3) is 82.1 Å². The maximum Gasteiger partial charge on any atom is 0.333 e. The standard InChI is InChI=1S/C54H47BN2O/c1-52(2,3)32-21-24-42-39(27-32)40-28-34(54(7,8)9)29-41-48(40)56(42)49-38-23-20-31-26-33(53(4,5)6)25-30-19-22-37(45(38)44(30)31)46-47(49)55(41)57(35-15-11-10-12-16-35)50-36-17-13-14-18-43(36)58-51(46)50/h10-29H,1-9H3. The average Bonchev–Trinajstić information content (AvgIpc) is 3.74. The van der Waals surface area contributed by atoms with Gasteiger partial charge in [-0.3, -0.25) is 0 Å². The molecule has 0 bridgehead atoms. The summed E-state index contributed by atoms with van der Waals surface area (Å²) < 4.78 is 9.86. The van der Waals surface area contributed by atoms with E-state index in [1.54, 1.807) is 0 Å². The Morgan fingerprint density at radius 3 is 1.84 bits per heavy atom. The Morgan fingerprint density at radius 1 is 0.500 bits per heavy atom. The monoisotopic (exact) mass is 750 g/mol. The molecule has 58 heavy (non-hydrogen) atoms. The lowest BCUT2D eigenvalue weighted by Crippen LogP contribution is -2.60. The zero-order chi connectivity index (χ0) is 39.8. The van der Waals surface area contributed by atoms with Crippen molar-refractivity contribution in [2.75, 3.05) is 4.81 Å². The van der Waals surface area contributed by atoms with Gasteiger partial charge in [-0.05, 0) is 108 Å². The molecule has 0 radical (unpaired) electrons. The van der Waals surface area contributed by atoms with Crippen molar-refractivity contribution in [1.82, 2.24) is 4.57 Å². The fraction of sp³-hybridized carbons (Fsp3) is 0.222. The summed E-state index contributed by atoms with van der Waals surface area (Å²) in [4.78, 5) is 2.61. The van der Waals surface area contributed by atoms with Crippen LogP contribution in [-0.2, 0) is 16.2 Å². The third kappa shape index (κ3) is 4.36. The molecule has 2 aromatic heterocycles. The number of furan rings is 1. The SMILES string of the molecule is CC(C)(C)c1cc2ccc3c4c5c(c6ccc(c1)c2c36)-n1c2ccc(C(C)(C)C)cc2c2cc(C(C)(C)C)cc(c21)B5N(c1ccccc1)c1c-4oc2ccccc12. The largest absolute Gasteiger partial charge is 0.454 e. The average molecular weight is 751 g/mol. The summed E-state index contributed by atoms with van der Waals surface area (Å²) in [7, 11) is 0. The van der Waals surface area contributed by atoms with Gasteiger partial charge < -0.3 is 13.8 Å². The highest BCUT2D eigenvalue weighted by molar-refractivity contribution is 6.94. The number of nitrogens with zero attached hydrogens (tertiary/aromatic N) is 2. The minimum Gasteiger partial charge on any atom is -0.454 e. The van der Waals surface area contributed by atoms with E-state index >= 15 is 0 Å². The minimum absolute atomic E-state index is 0.00944. The predicted molar refractivity (Wildman–Crippen MR) is 249 cm³/mol. The third-order valence-corrected chi connectivity index (χ3v) is 13.5. The smallest absolute Gasteiger partial charge is 0.333 e. The highest BCUT2D eigenvalue weighted by Crippen LogP contribution is 2.53. The summed E-state index contributed by atoms with van der Waals surface area (Å²) in [6.45, 7) is 20.9. The zero-order valence-electron chi connectivity index (χ0n) is 34.9.